The molecule has 1 aromatic heterocycles. The van der Waals surface area contributed by atoms with Crippen molar-refractivity contribution in [2.75, 3.05) is 39.3 Å². The predicted octanol–water partition coefficient (Wildman–Crippen LogP) is 5.78. The number of likely N-dealkylation sites (tertiary alicyclic amines) is 1. The normalized spacial score (nSPS) is 24.3. The van der Waals surface area contributed by atoms with Gasteiger partial charge in [0, 0.05) is 37.1 Å². The van der Waals surface area contributed by atoms with E-state index in [4.69, 9.17) is 4.74 Å². The fourth-order valence-electron chi connectivity index (χ4n) is 7.54. The first-order chi connectivity index (χ1) is 22.0. The van der Waals surface area contributed by atoms with Gasteiger partial charge in [-0.15, -0.1) is 0 Å². The Morgan fingerprint density at radius 1 is 1.00 bits per heavy atom. The first-order valence-electron chi connectivity index (χ1n) is 16.8. The number of nitrogens with zero attached hydrogens (tertiary/aromatic N) is 3. The number of aryl methyl sites for hydroxylation is 3. The van der Waals surface area contributed by atoms with Crippen LogP contribution in [0.1, 0.15) is 67.8 Å². The van der Waals surface area contributed by atoms with E-state index in [2.05, 4.69) is 48.0 Å². The van der Waals surface area contributed by atoms with Crippen molar-refractivity contribution in [2.24, 2.45) is 5.92 Å². The zero-order chi connectivity index (χ0) is 32.8. The maximum atomic E-state index is 14.0. The number of carbonyl (C=O) groups is 1. The molecule has 248 valence electrons. The molecule has 4 saturated heterocycles. The SMILES string of the molecule is Cc1cc(CCC[N+]23CCC(CC2)[C@@H](OC(=O)[C@](C)(c2ccccc2)N2CCCCC2)C3)ccn1.Cc1ccc(S(=O)(=O)[O-])cc1. The summed E-state index contributed by atoms with van der Waals surface area (Å²) in [7, 11) is -4.27. The number of hydrogen-bond acceptors (Lipinski definition) is 7. The molecule has 4 fully saturated rings. The van der Waals surface area contributed by atoms with Gasteiger partial charge in [0.25, 0.3) is 0 Å². The summed E-state index contributed by atoms with van der Waals surface area (Å²) in [5.41, 5.74) is 3.75. The first kappa shape index (κ1) is 34.2. The van der Waals surface area contributed by atoms with Gasteiger partial charge in [-0.2, -0.15) is 0 Å². The summed E-state index contributed by atoms with van der Waals surface area (Å²) in [4.78, 5) is 20.5. The molecule has 0 spiro atoms. The van der Waals surface area contributed by atoms with E-state index in [0.717, 1.165) is 60.2 Å². The number of fused-ring (bicyclic) bond motifs is 3. The van der Waals surface area contributed by atoms with E-state index in [1.54, 1.807) is 12.1 Å². The maximum Gasteiger partial charge on any atom is 0.331 e. The number of carbonyl (C=O) groups excluding carboxylic acids is 1. The Morgan fingerprint density at radius 2 is 1.67 bits per heavy atom. The quantitative estimate of drug-likeness (QED) is 0.165. The zero-order valence-corrected chi connectivity index (χ0v) is 28.4. The number of esters is 1. The summed E-state index contributed by atoms with van der Waals surface area (Å²) in [6, 6.07) is 20.4. The number of benzene rings is 2. The van der Waals surface area contributed by atoms with Crippen LogP contribution in [0.4, 0.5) is 0 Å². The van der Waals surface area contributed by atoms with E-state index in [0.29, 0.717) is 5.92 Å². The topological polar surface area (TPSA) is 99.6 Å². The van der Waals surface area contributed by atoms with Gasteiger partial charge in [-0.3, -0.25) is 9.88 Å². The lowest BCUT2D eigenvalue weighted by Gasteiger charge is -2.53. The summed E-state index contributed by atoms with van der Waals surface area (Å²) in [6.07, 6.45) is 10.1. The van der Waals surface area contributed by atoms with Crippen LogP contribution in [0.25, 0.3) is 0 Å². The van der Waals surface area contributed by atoms with E-state index >= 15 is 0 Å². The molecule has 0 aliphatic carbocycles. The van der Waals surface area contributed by atoms with Crippen LogP contribution in [-0.2, 0) is 31.6 Å². The summed E-state index contributed by atoms with van der Waals surface area (Å²) >= 11 is 0. The highest BCUT2D eigenvalue weighted by molar-refractivity contribution is 7.85. The smallest absolute Gasteiger partial charge is 0.331 e. The van der Waals surface area contributed by atoms with Crippen LogP contribution < -0.4 is 0 Å². The van der Waals surface area contributed by atoms with Crippen molar-refractivity contribution >= 4 is 16.1 Å². The van der Waals surface area contributed by atoms with Crippen LogP contribution in [0.15, 0.2) is 77.8 Å². The average molecular weight is 648 g/mol. The minimum Gasteiger partial charge on any atom is -0.744 e. The Hall–Kier alpha value is -3.11. The van der Waals surface area contributed by atoms with Crippen molar-refractivity contribution in [1.29, 1.82) is 0 Å². The van der Waals surface area contributed by atoms with E-state index in [9.17, 15) is 17.8 Å². The molecule has 4 aliphatic rings. The molecule has 0 unspecified atom stereocenters. The Bertz CT molecular complexity index is 1550. The summed E-state index contributed by atoms with van der Waals surface area (Å²) in [5, 5.41) is 0. The fourth-order valence-corrected chi connectivity index (χ4v) is 8.01. The van der Waals surface area contributed by atoms with Gasteiger partial charge in [-0.1, -0.05) is 54.4 Å². The third kappa shape index (κ3) is 8.23. The van der Waals surface area contributed by atoms with Crippen molar-refractivity contribution in [3.8, 4) is 0 Å². The number of quaternary nitrogens is 1. The maximum absolute atomic E-state index is 14.0. The van der Waals surface area contributed by atoms with Gasteiger partial charge >= 0.3 is 5.97 Å². The minimum absolute atomic E-state index is 0.0426. The number of ether oxygens (including phenoxy) is 1. The minimum atomic E-state index is -4.27. The monoisotopic (exact) mass is 647 g/mol. The van der Waals surface area contributed by atoms with E-state index in [-0.39, 0.29) is 17.0 Å². The number of pyridine rings is 1. The lowest BCUT2D eigenvalue weighted by molar-refractivity contribution is -0.946. The zero-order valence-electron chi connectivity index (χ0n) is 27.6. The molecule has 2 atom stereocenters. The molecule has 7 rings (SSSR count). The largest absolute Gasteiger partial charge is 0.744 e. The van der Waals surface area contributed by atoms with Crippen LogP contribution >= 0.6 is 0 Å². The van der Waals surface area contributed by atoms with E-state index < -0.39 is 15.7 Å². The van der Waals surface area contributed by atoms with Crippen molar-refractivity contribution in [3.63, 3.8) is 0 Å². The predicted molar refractivity (Wildman–Crippen MR) is 178 cm³/mol. The second-order valence-electron chi connectivity index (χ2n) is 13.6. The van der Waals surface area contributed by atoms with Crippen LogP contribution in [0, 0.1) is 19.8 Å². The molecule has 9 heteroatoms. The molecule has 4 aliphatic heterocycles. The molecular formula is C37H49N3O5S. The standard InChI is InChI=1S/C30H42N3O2.C7H8O3S/c1-24-22-25(13-16-31-24)10-9-19-33-20-14-26(15-21-33)28(23-33)35-29(34)30(2,27-11-5-3-6-12-27)32-17-7-4-8-18-32;1-6-2-4-7(5-3-6)11(8,9)10/h3,5-6,11-13,16,22,26,28H,4,7-10,14-15,17-21,23H2,1-2H3;2-5H,1H3,(H,8,9,10)/q+1;/p-1/t26?,28-,30-,33?;/m0./s1. The third-order valence-electron chi connectivity index (χ3n) is 10.4. The second kappa shape index (κ2) is 14.8. The lowest BCUT2D eigenvalue weighted by Crippen LogP contribution is -2.65. The number of piperidine rings is 4. The van der Waals surface area contributed by atoms with Gasteiger partial charge in [0.15, 0.2) is 6.10 Å². The summed E-state index contributed by atoms with van der Waals surface area (Å²) in [6.45, 7) is 12.5. The molecule has 0 saturated carbocycles. The number of hydrogen-bond donors (Lipinski definition) is 0. The Kier molecular flexibility index (Phi) is 11.0. The molecule has 2 bridgehead atoms. The molecule has 0 amide bonds. The Balaban J connectivity index is 0.000000322. The van der Waals surface area contributed by atoms with Gasteiger partial charge in [0.1, 0.15) is 22.2 Å². The molecular weight excluding hydrogens is 598 g/mol. The number of rotatable bonds is 9. The second-order valence-corrected chi connectivity index (χ2v) is 15.0. The van der Waals surface area contributed by atoms with Crippen molar-refractivity contribution < 1.29 is 27.0 Å². The van der Waals surface area contributed by atoms with Crippen molar-refractivity contribution in [1.82, 2.24) is 9.88 Å². The Morgan fingerprint density at radius 3 is 2.30 bits per heavy atom. The van der Waals surface area contributed by atoms with Crippen LogP contribution in [0.5, 0.6) is 0 Å². The van der Waals surface area contributed by atoms with Gasteiger partial charge in [-0.05, 0) is 88.5 Å². The first-order valence-corrected chi connectivity index (χ1v) is 18.2. The van der Waals surface area contributed by atoms with Gasteiger partial charge in [0.2, 0.25) is 0 Å². The highest BCUT2D eigenvalue weighted by Crippen LogP contribution is 2.39. The molecule has 3 aromatic rings. The molecule has 8 nitrogen and oxygen atoms in total. The molecule has 46 heavy (non-hydrogen) atoms. The van der Waals surface area contributed by atoms with Crippen molar-refractivity contribution in [2.45, 2.75) is 82.3 Å². The molecule has 2 aromatic carbocycles. The van der Waals surface area contributed by atoms with E-state index in [1.165, 1.54) is 63.0 Å². The molecule has 5 heterocycles. The Labute approximate surface area is 275 Å². The summed E-state index contributed by atoms with van der Waals surface area (Å²) in [5.74, 6) is 0.470. The highest BCUT2D eigenvalue weighted by Gasteiger charge is 2.50. The average Bonchev–Trinajstić information content (AvgIpc) is 3.06. The highest BCUT2D eigenvalue weighted by atomic mass is 32.2. The van der Waals surface area contributed by atoms with Gasteiger partial charge < -0.3 is 13.8 Å². The van der Waals surface area contributed by atoms with Gasteiger partial charge in [0.05, 0.1) is 24.5 Å². The van der Waals surface area contributed by atoms with Crippen LogP contribution in [-0.4, -0.2) is 78.7 Å². The fraction of sp³-hybridized carbons (Fsp3) is 0.514. The van der Waals surface area contributed by atoms with Gasteiger partial charge in [-0.25, -0.2) is 13.2 Å². The van der Waals surface area contributed by atoms with Crippen molar-refractivity contribution in [3.05, 3.63) is 95.3 Å². The third-order valence-corrected chi connectivity index (χ3v) is 11.2. The molecule has 0 N–H and O–H groups in total. The van der Waals surface area contributed by atoms with E-state index in [1.807, 2.05) is 31.3 Å². The van der Waals surface area contributed by atoms with Crippen LogP contribution in [0.2, 0.25) is 0 Å². The molecule has 0 radical (unpaired) electrons. The summed E-state index contributed by atoms with van der Waals surface area (Å²) < 4.78 is 38.8. The van der Waals surface area contributed by atoms with Crippen LogP contribution in [0.3, 0.4) is 0 Å². The number of aromatic nitrogens is 1. The lowest BCUT2D eigenvalue weighted by atomic mass is 9.82.